The van der Waals surface area contributed by atoms with Gasteiger partial charge in [0, 0.05) is 17.1 Å². The van der Waals surface area contributed by atoms with Gasteiger partial charge in [0.25, 0.3) is 5.91 Å². The molecular formula is C16H20BrFN2O. The molecule has 2 fully saturated rings. The molecule has 1 heterocycles. The van der Waals surface area contributed by atoms with Crippen molar-refractivity contribution < 1.29 is 9.18 Å². The minimum absolute atomic E-state index is 0.0231. The van der Waals surface area contributed by atoms with Gasteiger partial charge in [0.1, 0.15) is 5.82 Å². The first kappa shape index (κ1) is 15.0. The maximum atomic E-state index is 13.2. The molecule has 114 valence electrons. The molecule has 0 radical (unpaired) electrons. The largest absolute Gasteiger partial charge is 0.335 e. The van der Waals surface area contributed by atoms with Gasteiger partial charge < -0.3 is 10.2 Å². The highest BCUT2D eigenvalue weighted by Gasteiger charge is 2.35. The Hall–Kier alpha value is -0.940. The zero-order chi connectivity index (χ0) is 14.8. The molecule has 1 amide bonds. The number of nitrogens with zero attached hydrogens (tertiary/aromatic N) is 1. The van der Waals surface area contributed by atoms with Crippen LogP contribution in [0.1, 0.15) is 36.0 Å². The lowest BCUT2D eigenvalue weighted by molar-refractivity contribution is 0.0703. The van der Waals surface area contributed by atoms with Crippen molar-refractivity contribution in [1.82, 2.24) is 10.2 Å². The zero-order valence-electron chi connectivity index (χ0n) is 11.9. The van der Waals surface area contributed by atoms with E-state index in [2.05, 4.69) is 21.2 Å². The number of hydrogen-bond acceptors (Lipinski definition) is 2. The molecule has 2 aliphatic rings. The van der Waals surface area contributed by atoms with E-state index in [1.54, 1.807) is 6.07 Å². The molecule has 1 aromatic carbocycles. The van der Waals surface area contributed by atoms with Gasteiger partial charge in [-0.25, -0.2) is 4.39 Å². The molecule has 1 saturated carbocycles. The lowest BCUT2D eigenvalue weighted by Gasteiger charge is -2.30. The summed E-state index contributed by atoms with van der Waals surface area (Å²) in [6.45, 7) is 2.87. The van der Waals surface area contributed by atoms with Gasteiger partial charge in [0.05, 0.1) is 5.56 Å². The first-order valence-electron chi connectivity index (χ1n) is 7.62. The quantitative estimate of drug-likeness (QED) is 0.900. The van der Waals surface area contributed by atoms with Crippen LogP contribution in [0.3, 0.4) is 0 Å². The van der Waals surface area contributed by atoms with Crippen LogP contribution in [0.5, 0.6) is 0 Å². The molecule has 1 N–H and O–H groups in total. The molecule has 1 aliphatic carbocycles. The monoisotopic (exact) mass is 354 g/mol. The van der Waals surface area contributed by atoms with Crippen LogP contribution >= 0.6 is 15.9 Å². The van der Waals surface area contributed by atoms with Gasteiger partial charge in [-0.15, -0.1) is 0 Å². The topological polar surface area (TPSA) is 32.3 Å². The van der Waals surface area contributed by atoms with Crippen molar-refractivity contribution in [3.05, 3.63) is 34.1 Å². The van der Waals surface area contributed by atoms with Crippen LogP contribution in [0.15, 0.2) is 22.7 Å². The fraction of sp³-hybridized carbons (Fsp3) is 0.562. The summed E-state index contributed by atoms with van der Waals surface area (Å²) in [6.07, 6.45) is 4.53. The Morgan fingerprint density at radius 3 is 2.81 bits per heavy atom. The maximum absolute atomic E-state index is 13.2. The minimum atomic E-state index is -0.326. The van der Waals surface area contributed by atoms with Crippen LogP contribution in [0.2, 0.25) is 0 Å². The van der Waals surface area contributed by atoms with Crippen LogP contribution in [0.4, 0.5) is 4.39 Å². The van der Waals surface area contributed by atoms with Crippen molar-refractivity contribution >= 4 is 21.8 Å². The first-order chi connectivity index (χ1) is 10.1. The van der Waals surface area contributed by atoms with Gasteiger partial charge >= 0.3 is 0 Å². The average Bonchev–Trinajstić information content (AvgIpc) is 3.30. The molecule has 1 unspecified atom stereocenters. The lowest BCUT2D eigenvalue weighted by Crippen LogP contribution is -2.42. The van der Waals surface area contributed by atoms with E-state index < -0.39 is 0 Å². The Morgan fingerprint density at radius 2 is 2.19 bits per heavy atom. The van der Waals surface area contributed by atoms with E-state index in [0.717, 1.165) is 32.5 Å². The molecule has 3 nitrogen and oxygen atoms in total. The second-order valence-corrected chi connectivity index (χ2v) is 6.88. The van der Waals surface area contributed by atoms with E-state index in [1.807, 2.05) is 4.90 Å². The average molecular weight is 355 g/mol. The first-order valence-corrected chi connectivity index (χ1v) is 8.41. The number of halogens is 2. The van der Waals surface area contributed by atoms with E-state index in [0.29, 0.717) is 22.0 Å². The number of nitrogens with one attached hydrogen (secondary N) is 1. The van der Waals surface area contributed by atoms with Crippen molar-refractivity contribution in [3.63, 3.8) is 0 Å². The van der Waals surface area contributed by atoms with Crippen LogP contribution in [-0.4, -0.2) is 36.5 Å². The maximum Gasteiger partial charge on any atom is 0.255 e. The molecule has 5 heteroatoms. The SMILES string of the molecule is O=C(c1ccc(F)cc1Br)N(CC1CCCNC1)C1CC1. The summed E-state index contributed by atoms with van der Waals surface area (Å²) in [6, 6.07) is 4.67. The van der Waals surface area contributed by atoms with Crippen molar-refractivity contribution in [2.75, 3.05) is 19.6 Å². The van der Waals surface area contributed by atoms with Crippen molar-refractivity contribution in [3.8, 4) is 0 Å². The zero-order valence-corrected chi connectivity index (χ0v) is 13.5. The Kier molecular flexibility index (Phi) is 4.60. The lowest BCUT2D eigenvalue weighted by atomic mass is 9.98. The summed E-state index contributed by atoms with van der Waals surface area (Å²) in [5, 5.41) is 3.40. The number of rotatable bonds is 4. The van der Waals surface area contributed by atoms with Gasteiger partial charge in [0.2, 0.25) is 0 Å². The van der Waals surface area contributed by atoms with Crippen LogP contribution in [0, 0.1) is 11.7 Å². The van der Waals surface area contributed by atoms with Crippen molar-refractivity contribution in [2.45, 2.75) is 31.7 Å². The van der Waals surface area contributed by atoms with Gasteiger partial charge in [-0.05, 0) is 78.8 Å². The molecule has 0 bridgehead atoms. The molecule has 0 aromatic heterocycles. The minimum Gasteiger partial charge on any atom is -0.335 e. The Bertz CT molecular complexity index is 527. The van der Waals surface area contributed by atoms with Crippen molar-refractivity contribution in [1.29, 1.82) is 0 Å². The third-order valence-corrected chi connectivity index (χ3v) is 4.92. The third kappa shape index (κ3) is 3.64. The Morgan fingerprint density at radius 1 is 1.38 bits per heavy atom. The fourth-order valence-electron chi connectivity index (χ4n) is 2.96. The number of hydrogen-bond donors (Lipinski definition) is 1. The molecule has 0 spiro atoms. The van der Waals surface area contributed by atoms with E-state index in [9.17, 15) is 9.18 Å². The van der Waals surface area contributed by atoms with Crippen molar-refractivity contribution in [2.24, 2.45) is 5.92 Å². The van der Waals surface area contributed by atoms with Gasteiger partial charge in [-0.3, -0.25) is 4.79 Å². The van der Waals surface area contributed by atoms with E-state index >= 15 is 0 Å². The number of amides is 1. The summed E-state index contributed by atoms with van der Waals surface area (Å²) in [7, 11) is 0. The summed E-state index contributed by atoms with van der Waals surface area (Å²) >= 11 is 3.31. The van der Waals surface area contributed by atoms with E-state index in [1.165, 1.54) is 25.0 Å². The number of carbonyl (C=O) groups is 1. The normalized spacial score (nSPS) is 22.1. The highest BCUT2D eigenvalue weighted by molar-refractivity contribution is 9.10. The molecule has 3 rings (SSSR count). The summed E-state index contributed by atoms with van der Waals surface area (Å²) in [5.41, 5.74) is 0.562. The Labute approximate surface area is 133 Å². The number of carbonyl (C=O) groups excluding carboxylic acids is 1. The third-order valence-electron chi connectivity index (χ3n) is 4.26. The van der Waals surface area contributed by atoms with Crippen LogP contribution in [-0.2, 0) is 0 Å². The van der Waals surface area contributed by atoms with Crippen LogP contribution in [0.25, 0.3) is 0 Å². The predicted molar refractivity (Wildman–Crippen MR) is 83.8 cm³/mol. The van der Waals surface area contributed by atoms with Gasteiger partial charge in [-0.1, -0.05) is 0 Å². The van der Waals surface area contributed by atoms with Crippen LogP contribution < -0.4 is 5.32 Å². The number of benzene rings is 1. The smallest absolute Gasteiger partial charge is 0.255 e. The molecule has 1 saturated heterocycles. The fourth-order valence-corrected chi connectivity index (χ4v) is 3.48. The van der Waals surface area contributed by atoms with Gasteiger partial charge in [0.15, 0.2) is 0 Å². The number of piperidine rings is 1. The highest BCUT2D eigenvalue weighted by Crippen LogP contribution is 2.31. The summed E-state index contributed by atoms with van der Waals surface area (Å²) < 4.78 is 13.7. The molecule has 1 aliphatic heterocycles. The summed E-state index contributed by atoms with van der Waals surface area (Å²) in [4.78, 5) is 14.8. The second kappa shape index (κ2) is 6.44. The standard InChI is InChI=1S/C16H20BrFN2O/c17-15-8-12(18)3-6-14(15)16(21)20(13-4-5-13)10-11-2-1-7-19-9-11/h3,6,8,11,13,19H,1-2,4-5,7,9-10H2. The molecular weight excluding hydrogens is 335 g/mol. The molecule has 21 heavy (non-hydrogen) atoms. The molecule has 1 aromatic rings. The summed E-state index contributed by atoms with van der Waals surface area (Å²) in [5.74, 6) is 0.227. The second-order valence-electron chi connectivity index (χ2n) is 6.03. The van der Waals surface area contributed by atoms with E-state index in [-0.39, 0.29) is 11.7 Å². The predicted octanol–water partition coefficient (Wildman–Crippen LogP) is 3.19. The highest BCUT2D eigenvalue weighted by atomic mass is 79.9. The molecule has 1 atom stereocenters. The van der Waals surface area contributed by atoms with E-state index in [4.69, 9.17) is 0 Å². The van der Waals surface area contributed by atoms with Gasteiger partial charge in [-0.2, -0.15) is 0 Å². The Balaban J connectivity index is 1.75.